The molecule has 0 fully saturated rings. The predicted molar refractivity (Wildman–Crippen MR) is 78.8 cm³/mol. The highest BCUT2D eigenvalue weighted by molar-refractivity contribution is 5.89. The first-order chi connectivity index (χ1) is 9.39. The molecular weight excluding hydrogens is 252 g/mol. The number of pyridine rings is 1. The van der Waals surface area contributed by atoms with E-state index in [1.165, 1.54) is 0 Å². The van der Waals surface area contributed by atoms with Crippen LogP contribution in [0.5, 0.6) is 0 Å². The second kappa shape index (κ2) is 5.33. The Balaban J connectivity index is 2.19. The quantitative estimate of drug-likeness (QED) is 0.802. The summed E-state index contributed by atoms with van der Waals surface area (Å²) in [5, 5.41) is 0. The van der Waals surface area contributed by atoms with Crippen molar-refractivity contribution in [3.63, 3.8) is 0 Å². The molecule has 0 saturated carbocycles. The molecule has 0 aromatic carbocycles. The molecule has 0 radical (unpaired) electrons. The van der Waals surface area contributed by atoms with Gasteiger partial charge in [0.25, 0.3) is 0 Å². The highest BCUT2D eigenvalue weighted by Gasteiger charge is 2.18. The lowest BCUT2D eigenvalue weighted by atomic mass is 10.2. The van der Waals surface area contributed by atoms with Gasteiger partial charge < -0.3 is 9.30 Å². The molecule has 0 amide bonds. The van der Waals surface area contributed by atoms with Crippen LogP contribution in [0, 0.1) is 0 Å². The van der Waals surface area contributed by atoms with Crippen LogP contribution in [0.1, 0.15) is 36.7 Å². The number of nitrogens with zero attached hydrogens (tertiary/aromatic N) is 2. The van der Waals surface area contributed by atoms with E-state index < -0.39 is 5.60 Å². The van der Waals surface area contributed by atoms with Crippen LogP contribution in [0.15, 0.2) is 43.4 Å². The lowest BCUT2D eigenvalue weighted by Gasteiger charge is -2.18. The second-order valence-corrected chi connectivity index (χ2v) is 5.46. The maximum Gasteiger partial charge on any atom is 0.340 e. The molecule has 104 valence electrons. The first kappa shape index (κ1) is 14.1. The van der Waals surface area contributed by atoms with Crippen molar-refractivity contribution in [1.29, 1.82) is 0 Å². The molecule has 0 saturated heterocycles. The van der Waals surface area contributed by atoms with Crippen LogP contribution in [0.25, 0.3) is 11.9 Å². The van der Waals surface area contributed by atoms with Gasteiger partial charge in [0.2, 0.25) is 0 Å². The van der Waals surface area contributed by atoms with Gasteiger partial charge in [-0.05, 0) is 44.5 Å². The summed E-state index contributed by atoms with van der Waals surface area (Å²) in [7, 11) is 0. The largest absolute Gasteiger partial charge is 0.456 e. The minimum Gasteiger partial charge on any atom is -0.456 e. The van der Waals surface area contributed by atoms with Crippen molar-refractivity contribution in [3.05, 3.63) is 54.5 Å². The molecule has 20 heavy (non-hydrogen) atoms. The molecule has 2 aromatic rings. The molecule has 0 atom stereocenters. The maximum absolute atomic E-state index is 11.9. The average molecular weight is 270 g/mol. The number of esters is 1. The van der Waals surface area contributed by atoms with Crippen LogP contribution in [0.2, 0.25) is 0 Å². The van der Waals surface area contributed by atoms with Crippen molar-refractivity contribution in [2.75, 3.05) is 0 Å². The SMILES string of the molecule is C=Cc1ccc(-n2ccc(C(=O)OC(C)(C)C)c2)nc1. The van der Waals surface area contributed by atoms with Crippen LogP contribution in [0.3, 0.4) is 0 Å². The third-order valence-electron chi connectivity index (χ3n) is 2.60. The zero-order chi connectivity index (χ0) is 14.8. The van der Waals surface area contributed by atoms with Crippen LogP contribution < -0.4 is 0 Å². The molecule has 2 heterocycles. The number of rotatable bonds is 3. The molecule has 0 aliphatic heterocycles. The van der Waals surface area contributed by atoms with E-state index in [1.54, 1.807) is 35.3 Å². The van der Waals surface area contributed by atoms with Crippen molar-refractivity contribution in [3.8, 4) is 5.82 Å². The first-order valence-corrected chi connectivity index (χ1v) is 6.39. The van der Waals surface area contributed by atoms with E-state index in [0.717, 1.165) is 11.4 Å². The summed E-state index contributed by atoms with van der Waals surface area (Å²) >= 11 is 0. The molecule has 4 heteroatoms. The smallest absolute Gasteiger partial charge is 0.340 e. The fourth-order valence-electron chi connectivity index (χ4n) is 1.67. The topological polar surface area (TPSA) is 44.1 Å². The molecule has 0 bridgehead atoms. The molecule has 2 aromatic heterocycles. The Bertz CT molecular complexity index is 619. The summed E-state index contributed by atoms with van der Waals surface area (Å²) in [6.07, 6.45) is 6.97. The number of carbonyl (C=O) groups excluding carboxylic acids is 1. The van der Waals surface area contributed by atoms with Crippen LogP contribution in [0.4, 0.5) is 0 Å². The average Bonchev–Trinajstić information content (AvgIpc) is 2.86. The Morgan fingerprint density at radius 3 is 2.65 bits per heavy atom. The summed E-state index contributed by atoms with van der Waals surface area (Å²) in [6.45, 7) is 9.22. The van der Waals surface area contributed by atoms with E-state index in [4.69, 9.17) is 4.74 Å². The minimum absolute atomic E-state index is 0.334. The van der Waals surface area contributed by atoms with Crippen molar-refractivity contribution in [1.82, 2.24) is 9.55 Å². The number of hydrogen-bond donors (Lipinski definition) is 0. The van der Waals surface area contributed by atoms with Gasteiger partial charge in [-0.25, -0.2) is 9.78 Å². The van der Waals surface area contributed by atoms with Gasteiger partial charge in [-0.1, -0.05) is 12.7 Å². The number of carbonyl (C=O) groups is 1. The van der Waals surface area contributed by atoms with Gasteiger partial charge in [0.15, 0.2) is 0 Å². The zero-order valence-corrected chi connectivity index (χ0v) is 12.0. The summed E-state index contributed by atoms with van der Waals surface area (Å²) < 4.78 is 7.11. The van der Waals surface area contributed by atoms with Crippen molar-refractivity contribution >= 4 is 12.0 Å². The van der Waals surface area contributed by atoms with Gasteiger partial charge in [-0.2, -0.15) is 0 Å². The van der Waals surface area contributed by atoms with E-state index in [1.807, 2.05) is 32.9 Å². The number of aromatic nitrogens is 2. The van der Waals surface area contributed by atoms with Crippen molar-refractivity contribution in [2.45, 2.75) is 26.4 Å². The van der Waals surface area contributed by atoms with Gasteiger partial charge in [0.05, 0.1) is 5.56 Å². The van der Waals surface area contributed by atoms with E-state index in [-0.39, 0.29) is 5.97 Å². The number of hydrogen-bond acceptors (Lipinski definition) is 3. The normalized spacial score (nSPS) is 11.2. The Hall–Kier alpha value is -2.36. The Morgan fingerprint density at radius 1 is 1.35 bits per heavy atom. The third-order valence-corrected chi connectivity index (χ3v) is 2.60. The minimum atomic E-state index is -0.497. The van der Waals surface area contributed by atoms with E-state index >= 15 is 0 Å². The summed E-state index contributed by atoms with van der Waals surface area (Å²) in [6, 6.07) is 5.51. The Labute approximate surface area is 118 Å². The monoisotopic (exact) mass is 270 g/mol. The molecule has 0 aliphatic carbocycles. The van der Waals surface area contributed by atoms with Gasteiger partial charge in [-0.15, -0.1) is 0 Å². The van der Waals surface area contributed by atoms with Crippen LogP contribution in [-0.2, 0) is 4.74 Å². The maximum atomic E-state index is 11.9. The van der Waals surface area contributed by atoms with Gasteiger partial charge in [0, 0.05) is 18.6 Å². The highest BCUT2D eigenvalue weighted by Crippen LogP contribution is 2.14. The molecule has 0 N–H and O–H groups in total. The standard InChI is InChI=1S/C16H18N2O2/c1-5-12-6-7-14(17-10-12)18-9-8-13(11-18)15(19)20-16(2,3)4/h5-11H,1H2,2-4H3. The van der Waals surface area contributed by atoms with Gasteiger partial charge >= 0.3 is 5.97 Å². The lowest BCUT2D eigenvalue weighted by molar-refractivity contribution is 0.00696. The first-order valence-electron chi connectivity index (χ1n) is 6.39. The Kier molecular flexibility index (Phi) is 3.74. The fourth-order valence-corrected chi connectivity index (χ4v) is 1.67. The molecule has 0 unspecified atom stereocenters. The molecule has 4 nitrogen and oxygen atoms in total. The molecule has 0 aliphatic rings. The molecular formula is C16H18N2O2. The van der Waals surface area contributed by atoms with Gasteiger partial charge in [-0.3, -0.25) is 0 Å². The predicted octanol–water partition coefficient (Wildman–Crippen LogP) is 3.47. The van der Waals surface area contributed by atoms with Crippen molar-refractivity contribution in [2.24, 2.45) is 0 Å². The molecule has 0 spiro atoms. The number of ether oxygens (including phenoxy) is 1. The third kappa shape index (κ3) is 3.35. The van der Waals surface area contributed by atoms with E-state index in [0.29, 0.717) is 5.56 Å². The van der Waals surface area contributed by atoms with E-state index in [9.17, 15) is 4.79 Å². The fraction of sp³-hybridized carbons (Fsp3) is 0.250. The second-order valence-electron chi connectivity index (χ2n) is 5.46. The van der Waals surface area contributed by atoms with E-state index in [2.05, 4.69) is 11.6 Å². The van der Waals surface area contributed by atoms with Gasteiger partial charge in [0.1, 0.15) is 11.4 Å². The van der Waals surface area contributed by atoms with Crippen LogP contribution in [-0.4, -0.2) is 21.1 Å². The summed E-state index contributed by atoms with van der Waals surface area (Å²) in [4.78, 5) is 16.2. The Morgan fingerprint density at radius 2 is 2.10 bits per heavy atom. The highest BCUT2D eigenvalue weighted by atomic mass is 16.6. The summed E-state index contributed by atoms with van der Waals surface area (Å²) in [5.41, 5.74) is 0.964. The summed E-state index contributed by atoms with van der Waals surface area (Å²) in [5.74, 6) is 0.407. The van der Waals surface area contributed by atoms with Crippen molar-refractivity contribution < 1.29 is 9.53 Å². The zero-order valence-electron chi connectivity index (χ0n) is 12.0. The van der Waals surface area contributed by atoms with Crippen LogP contribution >= 0.6 is 0 Å². The molecule has 2 rings (SSSR count). The lowest BCUT2D eigenvalue weighted by Crippen LogP contribution is -2.23.